The maximum atomic E-state index is 11.9. The van der Waals surface area contributed by atoms with Crippen LogP contribution in [-0.4, -0.2) is 40.5 Å². The molecule has 2 N–H and O–H groups in total. The Morgan fingerprint density at radius 3 is 2.76 bits per heavy atom. The van der Waals surface area contributed by atoms with Crippen molar-refractivity contribution in [2.24, 2.45) is 0 Å². The number of aromatic nitrogens is 1. The molecule has 12 heteroatoms. The molecule has 1 aromatic carbocycles. The highest BCUT2D eigenvalue weighted by Gasteiger charge is 2.15. The summed E-state index contributed by atoms with van der Waals surface area (Å²) >= 11 is 0. The summed E-state index contributed by atoms with van der Waals surface area (Å²) in [6.07, 6.45) is 0.840. The van der Waals surface area contributed by atoms with Crippen molar-refractivity contribution in [1.29, 1.82) is 0 Å². The third-order valence-electron chi connectivity index (χ3n) is 3.78. The van der Waals surface area contributed by atoms with Gasteiger partial charge in [0.2, 0.25) is 0 Å². The number of imide groups is 1. The highest BCUT2D eigenvalue weighted by molar-refractivity contribution is 5.95. The Bertz CT molecular complexity index is 977. The third kappa shape index (κ3) is 6.16. The zero-order chi connectivity index (χ0) is 21.4. The van der Waals surface area contributed by atoms with E-state index in [4.69, 9.17) is 9.15 Å². The number of hydrogen-bond donors (Lipinski definition) is 2. The Hall–Kier alpha value is -3.70. The summed E-state index contributed by atoms with van der Waals surface area (Å²) in [7, 11) is 0. The number of ether oxygens (including phenoxy) is 1. The first-order valence-corrected chi connectivity index (χ1v) is 8.83. The molecule has 3 amide bonds. The van der Waals surface area contributed by atoms with Gasteiger partial charge in [0.15, 0.2) is 12.2 Å². The van der Waals surface area contributed by atoms with Crippen LogP contribution in [-0.2, 0) is 20.9 Å². The minimum absolute atomic E-state index is 0.0739. The van der Waals surface area contributed by atoms with Gasteiger partial charge in [0.1, 0.15) is 0 Å². The van der Waals surface area contributed by atoms with Crippen molar-refractivity contribution in [1.82, 2.24) is 15.2 Å². The van der Waals surface area contributed by atoms with Crippen LogP contribution < -0.4 is 16.4 Å². The Morgan fingerprint density at radius 1 is 1.31 bits per heavy atom. The van der Waals surface area contributed by atoms with E-state index in [1.54, 1.807) is 0 Å². The highest BCUT2D eigenvalue weighted by atomic mass is 16.6. The topological polar surface area (TPSA) is 163 Å². The van der Waals surface area contributed by atoms with Gasteiger partial charge < -0.3 is 14.5 Å². The minimum atomic E-state index is -0.759. The fraction of sp³-hybridized carbons (Fsp3) is 0.412. The first-order chi connectivity index (χ1) is 13.8. The largest absolute Gasteiger partial charge is 0.456 e. The van der Waals surface area contributed by atoms with Crippen molar-refractivity contribution in [3.05, 3.63) is 38.9 Å². The Morgan fingerprint density at radius 2 is 2.07 bits per heavy atom. The molecule has 2 aromatic rings. The van der Waals surface area contributed by atoms with Gasteiger partial charge >= 0.3 is 17.8 Å². The van der Waals surface area contributed by atoms with Gasteiger partial charge in [-0.25, -0.2) is 9.59 Å². The van der Waals surface area contributed by atoms with Crippen LogP contribution in [0.15, 0.2) is 27.4 Å². The summed E-state index contributed by atoms with van der Waals surface area (Å²) in [5.74, 6) is -2.14. The summed E-state index contributed by atoms with van der Waals surface area (Å²) in [6.45, 7) is 1.78. The average Bonchev–Trinajstić information content (AvgIpc) is 2.99. The number of nitro groups is 1. The van der Waals surface area contributed by atoms with E-state index >= 15 is 0 Å². The first kappa shape index (κ1) is 21.6. The summed E-state index contributed by atoms with van der Waals surface area (Å²) in [4.78, 5) is 56.6. The molecular formula is C17H20N4O8. The van der Waals surface area contributed by atoms with Gasteiger partial charge in [0.25, 0.3) is 11.6 Å². The molecule has 0 atom stereocenters. The highest BCUT2D eigenvalue weighted by Crippen LogP contribution is 2.20. The number of non-ortho nitro benzene ring substituents is 1. The summed E-state index contributed by atoms with van der Waals surface area (Å²) < 4.78 is 11.0. The van der Waals surface area contributed by atoms with Crippen molar-refractivity contribution >= 4 is 34.7 Å². The molecule has 1 heterocycles. The number of benzene rings is 1. The van der Waals surface area contributed by atoms with Crippen molar-refractivity contribution in [2.75, 3.05) is 13.2 Å². The number of fused-ring (bicyclic) bond motifs is 1. The average molecular weight is 408 g/mol. The number of carbonyl (C=O) groups is 3. The van der Waals surface area contributed by atoms with Gasteiger partial charge in [-0.3, -0.25) is 29.6 Å². The molecule has 0 spiro atoms. The zero-order valence-corrected chi connectivity index (χ0v) is 15.6. The van der Waals surface area contributed by atoms with Gasteiger partial charge in [0.05, 0.1) is 16.5 Å². The zero-order valence-electron chi connectivity index (χ0n) is 15.6. The number of aryl methyl sites for hydroxylation is 1. The fourth-order valence-electron chi connectivity index (χ4n) is 2.43. The number of esters is 1. The van der Waals surface area contributed by atoms with Crippen LogP contribution in [0.2, 0.25) is 0 Å². The van der Waals surface area contributed by atoms with Crippen molar-refractivity contribution in [2.45, 2.75) is 32.7 Å². The molecule has 0 aliphatic heterocycles. The van der Waals surface area contributed by atoms with Crippen LogP contribution in [0.5, 0.6) is 0 Å². The molecule has 0 saturated heterocycles. The summed E-state index contributed by atoms with van der Waals surface area (Å²) in [5.41, 5.74) is 0.236. The maximum Gasteiger partial charge on any atom is 0.419 e. The number of nitro benzene ring substituents is 1. The van der Waals surface area contributed by atoms with Gasteiger partial charge in [-0.1, -0.05) is 6.92 Å². The van der Waals surface area contributed by atoms with Crippen LogP contribution in [0.25, 0.3) is 11.1 Å². The monoisotopic (exact) mass is 408 g/mol. The van der Waals surface area contributed by atoms with E-state index in [0.29, 0.717) is 18.5 Å². The molecule has 0 bridgehead atoms. The minimum Gasteiger partial charge on any atom is -0.456 e. The number of hydrogen-bond acceptors (Lipinski definition) is 8. The quantitative estimate of drug-likeness (QED) is 0.353. The van der Waals surface area contributed by atoms with Crippen LogP contribution in [0.1, 0.15) is 26.2 Å². The van der Waals surface area contributed by atoms with Crippen LogP contribution in [0.3, 0.4) is 0 Å². The molecular weight excluding hydrogens is 388 g/mol. The number of nitrogens with zero attached hydrogens (tertiary/aromatic N) is 2. The van der Waals surface area contributed by atoms with Crippen molar-refractivity contribution in [3.8, 4) is 0 Å². The lowest BCUT2D eigenvalue weighted by Crippen LogP contribution is -2.41. The van der Waals surface area contributed by atoms with Crippen LogP contribution in [0, 0.1) is 10.1 Å². The Kier molecular flexibility index (Phi) is 7.46. The Balaban J connectivity index is 1.81. The fourth-order valence-corrected chi connectivity index (χ4v) is 2.43. The summed E-state index contributed by atoms with van der Waals surface area (Å²) in [5, 5.41) is 15.2. The summed E-state index contributed by atoms with van der Waals surface area (Å²) in [6, 6.07) is 3.12. The lowest BCUT2D eigenvalue weighted by molar-refractivity contribution is -0.384. The van der Waals surface area contributed by atoms with Gasteiger partial charge in [-0.2, -0.15) is 0 Å². The molecule has 0 radical (unpaired) electrons. The van der Waals surface area contributed by atoms with E-state index in [-0.39, 0.29) is 30.7 Å². The second kappa shape index (κ2) is 10.0. The van der Waals surface area contributed by atoms with Crippen molar-refractivity contribution in [3.63, 3.8) is 0 Å². The molecule has 0 fully saturated rings. The SMILES string of the molecule is CCCNC(=O)NC(=O)COC(=O)CCCn1c(=O)oc2cc([N+](=O)[O-])ccc21. The van der Waals surface area contributed by atoms with E-state index in [1.807, 2.05) is 12.2 Å². The number of urea groups is 1. The number of amides is 3. The molecule has 0 saturated carbocycles. The standard InChI is InChI=1S/C17H20N4O8/c1-2-7-18-16(24)19-14(22)10-28-15(23)4-3-8-20-12-6-5-11(21(26)27)9-13(12)29-17(20)25/h5-6,9H,2-4,7-8,10H2,1H3,(H2,18,19,22,24). The predicted octanol–water partition coefficient (Wildman–Crippen LogP) is 1.06. The predicted molar refractivity (Wildman–Crippen MR) is 99.2 cm³/mol. The van der Waals surface area contributed by atoms with Crippen molar-refractivity contribution < 1.29 is 28.5 Å². The van der Waals surface area contributed by atoms with E-state index in [9.17, 15) is 29.3 Å². The number of carbonyl (C=O) groups excluding carboxylic acids is 3. The lowest BCUT2D eigenvalue weighted by atomic mass is 10.2. The molecule has 29 heavy (non-hydrogen) atoms. The van der Waals surface area contributed by atoms with E-state index in [2.05, 4.69) is 5.32 Å². The Labute approximate surface area is 163 Å². The second-order valence-electron chi connectivity index (χ2n) is 6.00. The first-order valence-electron chi connectivity index (χ1n) is 8.83. The number of rotatable bonds is 9. The van der Waals surface area contributed by atoms with Crippen LogP contribution >= 0.6 is 0 Å². The molecule has 2 rings (SSSR count). The van der Waals surface area contributed by atoms with E-state index < -0.39 is 35.2 Å². The van der Waals surface area contributed by atoms with E-state index in [1.165, 1.54) is 16.7 Å². The molecule has 1 aromatic heterocycles. The smallest absolute Gasteiger partial charge is 0.419 e. The number of nitrogens with one attached hydrogen (secondary N) is 2. The third-order valence-corrected chi connectivity index (χ3v) is 3.78. The van der Waals surface area contributed by atoms with Crippen LogP contribution in [0.4, 0.5) is 10.5 Å². The second-order valence-corrected chi connectivity index (χ2v) is 6.00. The van der Waals surface area contributed by atoms with Gasteiger partial charge in [-0.05, 0) is 18.9 Å². The maximum absolute atomic E-state index is 11.9. The molecule has 0 aliphatic carbocycles. The molecule has 12 nitrogen and oxygen atoms in total. The van der Waals surface area contributed by atoms with Gasteiger partial charge in [0, 0.05) is 25.6 Å². The lowest BCUT2D eigenvalue weighted by Gasteiger charge is -2.07. The molecule has 0 aliphatic rings. The number of oxazole rings is 1. The van der Waals surface area contributed by atoms with Gasteiger partial charge in [-0.15, -0.1) is 0 Å². The van der Waals surface area contributed by atoms with E-state index in [0.717, 1.165) is 6.07 Å². The normalized spacial score (nSPS) is 10.5. The molecule has 0 unspecified atom stereocenters. The molecule has 156 valence electrons.